The molecule has 0 saturated carbocycles. The van der Waals surface area contributed by atoms with Crippen LogP contribution in [0.15, 0.2) is 46.8 Å². The minimum Gasteiger partial charge on any atom is -0.500 e. The number of carbonyl (C=O) groups excluding carboxylic acids is 1. The number of benzene rings is 1. The fraction of sp³-hybridized carbons (Fsp3) is 0.407. The number of piperidine rings is 1. The van der Waals surface area contributed by atoms with Gasteiger partial charge >= 0.3 is 0 Å². The van der Waals surface area contributed by atoms with Crippen molar-refractivity contribution in [1.82, 2.24) is 14.5 Å². The van der Waals surface area contributed by atoms with Crippen molar-refractivity contribution in [2.24, 2.45) is 0 Å². The van der Waals surface area contributed by atoms with Crippen LogP contribution >= 0.6 is 11.3 Å². The molecule has 1 aromatic carbocycles. The van der Waals surface area contributed by atoms with E-state index >= 15 is 0 Å². The van der Waals surface area contributed by atoms with Crippen molar-refractivity contribution in [3.63, 3.8) is 0 Å². The predicted octanol–water partition coefficient (Wildman–Crippen LogP) is 4.13. The average molecular weight is 504 g/mol. The third-order valence-corrected chi connectivity index (χ3v) is 8.10. The van der Waals surface area contributed by atoms with Crippen LogP contribution in [-0.4, -0.2) is 53.1 Å². The first-order chi connectivity index (χ1) is 17.5. The van der Waals surface area contributed by atoms with Gasteiger partial charge in [0.2, 0.25) is 5.95 Å². The fourth-order valence-corrected chi connectivity index (χ4v) is 6.12. The maximum atomic E-state index is 13.8. The quantitative estimate of drug-likeness (QED) is 0.470. The summed E-state index contributed by atoms with van der Waals surface area (Å²) in [6.45, 7) is 6.44. The fourth-order valence-electron chi connectivity index (χ4n) is 5.19. The van der Waals surface area contributed by atoms with Gasteiger partial charge in [0, 0.05) is 25.0 Å². The van der Waals surface area contributed by atoms with Gasteiger partial charge in [0.05, 0.1) is 36.9 Å². The zero-order chi connectivity index (χ0) is 25.2. The van der Waals surface area contributed by atoms with E-state index in [0.717, 1.165) is 50.8 Å². The van der Waals surface area contributed by atoms with Gasteiger partial charge in [0.15, 0.2) is 0 Å². The van der Waals surface area contributed by atoms with E-state index in [1.807, 2.05) is 18.2 Å². The number of methoxy groups -OCH3 is 1. The number of anilines is 1. The number of fused-ring (bicyclic) bond motifs is 1. The Morgan fingerprint density at radius 1 is 1.22 bits per heavy atom. The number of amides is 1. The van der Waals surface area contributed by atoms with Gasteiger partial charge in [-0.05, 0) is 43.7 Å². The van der Waals surface area contributed by atoms with Gasteiger partial charge in [-0.25, -0.2) is 4.98 Å². The normalized spacial score (nSPS) is 17.8. The van der Waals surface area contributed by atoms with Crippen molar-refractivity contribution in [2.45, 2.75) is 44.7 Å². The molecule has 9 heteroatoms. The van der Waals surface area contributed by atoms with E-state index in [1.54, 1.807) is 28.0 Å². The van der Waals surface area contributed by atoms with E-state index in [9.17, 15) is 14.9 Å². The third kappa shape index (κ3) is 4.26. The Morgan fingerprint density at radius 3 is 2.75 bits per heavy atom. The lowest BCUT2D eigenvalue weighted by Gasteiger charge is -2.30. The molecule has 1 unspecified atom stereocenters. The summed E-state index contributed by atoms with van der Waals surface area (Å²) in [5.74, 6) is 0.985. The van der Waals surface area contributed by atoms with Crippen molar-refractivity contribution in [1.29, 1.82) is 5.26 Å². The molecule has 0 spiro atoms. The molecule has 186 valence electrons. The SMILES string of the molecule is C=C(OC)C1CCCN1C(=O)c1csc2c(=O)n(Cc3ccccc3C#N)c(N3CCCCC3)nc12. The molecule has 2 aliphatic heterocycles. The summed E-state index contributed by atoms with van der Waals surface area (Å²) in [7, 11) is 1.57. The van der Waals surface area contributed by atoms with E-state index in [-0.39, 0.29) is 24.1 Å². The number of nitrogens with zero attached hydrogens (tertiary/aromatic N) is 5. The van der Waals surface area contributed by atoms with Crippen LogP contribution < -0.4 is 10.5 Å². The lowest BCUT2D eigenvalue weighted by Crippen LogP contribution is -2.38. The first-order valence-corrected chi connectivity index (χ1v) is 13.2. The molecule has 4 heterocycles. The van der Waals surface area contributed by atoms with Gasteiger partial charge in [-0.15, -0.1) is 11.3 Å². The van der Waals surface area contributed by atoms with E-state index < -0.39 is 0 Å². The molecular weight excluding hydrogens is 474 g/mol. The molecular formula is C27H29N5O3S. The minimum absolute atomic E-state index is 0.147. The van der Waals surface area contributed by atoms with Gasteiger partial charge in [0.25, 0.3) is 11.5 Å². The molecule has 1 amide bonds. The van der Waals surface area contributed by atoms with Gasteiger partial charge in [-0.3, -0.25) is 14.2 Å². The van der Waals surface area contributed by atoms with Crippen molar-refractivity contribution >= 4 is 33.4 Å². The number of rotatable bonds is 6. The number of ether oxygens (including phenoxy) is 1. The molecule has 5 rings (SSSR count). The minimum atomic E-state index is -0.184. The molecule has 1 atom stereocenters. The highest BCUT2D eigenvalue weighted by atomic mass is 32.1. The first-order valence-electron chi connectivity index (χ1n) is 12.3. The summed E-state index contributed by atoms with van der Waals surface area (Å²) in [5.41, 5.74) is 2.03. The molecule has 2 saturated heterocycles. The molecule has 36 heavy (non-hydrogen) atoms. The van der Waals surface area contributed by atoms with E-state index in [1.165, 1.54) is 11.3 Å². The number of hydrogen-bond donors (Lipinski definition) is 0. The summed E-state index contributed by atoms with van der Waals surface area (Å²) in [6, 6.07) is 9.36. The second-order valence-corrected chi connectivity index (χ2v) is 10.2. The number of hydrogen-bond acceptors (Lipinski definition) is 7. The largest absolute Gasteiger partial charge is 0.500 e. The van der Waals surface area contributed by atoms with Crippen LogP contribution in [0.3, 0.4) is 0 Å². The summed E-state index contributed by atoms with van der Waals surface area (Å²) >= 11 is 1.25. The highest BCUT2D eigenvalue weighted by Gasteiger charge is 2.34. The number of thiophene rings is 1. The molecule has 2 aliphatic rings. The molecule has 0 aliphatic carbocycles. The summed E-state index contributed by atoms with van der Waals surface area (Å²) < 4.78 is 7.46. The van der Waals surface area contributed by atoms with Crippen LogP contribution in [0.4, 0.5) is 5.95 Å². The van der Waals surface area contributed by atoms with E-state index in [2.05, 4.69) is 17.5 Å². The Bertz CT molecular complexity index is 1410. The monoisotopic (exact) mass is 503 g/mol. The molecule has 2 aromatic heterocycles. The van der Waals surface area contributed by atoms with Crippen LogP contribution in [0, 0.1) is 11.3 Å². The highest BCUT2D eigenvalue weighted by molar-refractivity contribution is 7.17. The van der Waals surface area contributed by atoms with Crippen LogP contribution in [0.2, 0.25) is 0 Å². The van der Waals surface area contributed by atoms with Gasteiger partial charge in [0.1, 0.15) is 16.0 Å². The Balaban J connectivity index is 1.62. The smallest absolute Gasteiger partial charge is 0.273 e. The Labute approximate surface area is 214 Å². The number of nitriles is 1. The number of carbonyl (C=O) groups is 1. The predicted molar refractivity (Wildman–Crippen MR) is 140 cm³/mol. The second kappa shape index (κ2) is 10.2. The number of aromatic nitrogens is 2. The van der Waals surface area contributed by atoms with Gasteiger partial charge in [-0.1, -0.05) is 24.8 Å². The Morgan fingerprint density at radius 2 is 2.00 bits per heavy atom. The summed E-state index contributed by atoms with van der Waals surface area (Å²) in [4.78, 5) is 36.4. The molecule has 0 N–H and O–H groups in total. The number of likely N-dealkylation sites (tertiary alicyclic amines) is 1. The van der Waals surface area contributed by atoms with Crippen LogP contribution in [0.25, 0.3) is 10.2 Å². The van der Waals surface area contributed by atoms with Gasteiger partial charge < -0.3 is 14.5 Å². The maximum Gasteiger partial charge on any atom is 0.273 e. The average Bonchev–Trinajstić information content (AvgIpc) is 3.58. The van der Waals surface area contributed by atoms with Crippen molar-refractivity contribution in [3.05, 3.63) is 69.0 Å². The first kappa shape index (κ1) is 24.1. The molecule has 0 radical (unpaired) electrons. The van der Waals surface area contributed by atoms with Crippen LogP contribution in [0.1, 0.15) is 53.6 Å². The zero-order valence-corrected chi connectivity index (χ0v) is 21.2. The molecule has 0 bridgehead atoms. The Hall–Kier alpha value is -3.64. The topological polar surface area (TPSA) is 91.5 Å². The summed E-state index contributed by atoms with van der Waals surface area (Å²) in [5, 5.41) is 11.3. The van der Waals surface area contributed by atoms with Crippen LogP contribution in [-0.2, 0) is 11.3 Å². The van der Waals surface area contributed by atoms with Crippen molar-refractivity contribution in [2.75, 3.05) is 31.6 Å². The summed E-state index contributed by atoms with van der Waals surface area (Å²) in [6.07, 6.45) is 4.86. The Kier molecular flexibility index (Phi) is 6.79. The van der Waals surface area contributed by atoms with Crippen LogP contribution in [0.5, 0.6) is 0 Å². The standard InChI is InChI=1S/C27H29N5O3S/c1-18(35-2)22-11-8-14-31(22)25(33)21-17-36-24-23(21)29-27(30-12-6-3-7-13-30)32(26(24)34)16-20-10-5-4-9-19(20)15-28/h4-5,9-10,17,22H,1,3,6-8,11-14,16H2,2H3. The second-order valence-electron chi connectivity index (χ2n) is 9.27. The maximum absolute atomic E-state index is 13.8. The molecule has 3 aromatic rings. The van der Waals surface area contributed by atoms with Crippen molar-refractivity contribution in [3.8, 4) is 6.07 Å². The van der Waals surface area contributed by atoms with E-state index in [4.69, 9.17) is 9.72 Å². The van der Waals surface area contributed by atoms with E-state index in [0.29, 0.717) is 39.6 Å². The van der Waals surface area contributed by atoms with Gasteiger partial charge in [-0.2, -0.15) is 5.26 Å². The third-order valence-electron chi connectivity index (χ3n) is 7.14. The zero-order valence-electron chi connectivity index (χ0n) is 20.4. The lowest BCUT2D eigenvalue weighted by molar-refractivity contribution is 0.0719. The highest BCUT2D eigenvalue weighted by Crippen LogP contribution is 2.31. The molecule has 2 fully saturated rings. The lowest BCUT2D eigenvalue weighted by atomic mass is 10.1. The molecule has 8 nitrogen and oxygen atoms in total. The van der Waals surface area contributed by atoms with Crippen molar-refractivity contribution < 1.29 is 9.53 Å².